The van der Waals surface area contributed by atoms with E-state index in [0.29, 0.717) is 20.8 Å². The Labute approximate surface area is 107 Å². The first kappa shape index (κ1) is 12.7. The van der Waals surface area contributed by atoms with E-state index in [2.05, 4.69) is 13.8 Å². The molecule has 0 amide bonds. The second kappa shape index (κ2) is 4.50. The molecule has 0 saturated carbocycles. The lowest BCUT2D eigenvalue weighted by Crippen LogP contribution is -2.04. The maximum Gasteiger partial charge on any atom is 0.204 e. The molecule has 1 aliphatic rings. The molecule has 0 unspecified atom stereocenters. The number of sulfone groups is 1. The molecule has 2 nitrogen and oxygen atoms in total. The zero-order valence-corrected chi connectivity index (χ0v) is 11.9. The van der Waals surface area contributed by atoms with Crippen molar-refractivity contribution in [3.8, 4) is 0 Å². The second-order valence-corrected chi connectivity index (χ2v) is 8.05. The number of fused-ring (bicyclic) bond motifs is 1. The summed E-state index contributed by atoms with van der Waals surface area (Å²) in [4.78, 5) is 0.999. The molecule has 1 aromatic rings. The van der Waals surface area contributed by atoms with E-state index in [1.165, 1.54) is 0 Å². The molecule has 1 heterocycles. The lowest BCUT2D eigenvalue weighted by Gasteiger charge is -2.06. The maximum absolute atomic E-state index is 12.2. The third-order valence-electron chi connectivity index (χ3n) is 2.68. The molecule has 0 N–H and O–H groups in total. The summed E-state index contributed by atoms with van der Waals surface area (Å²) in [6.07, 6.45) is 1.81. The van der Waals surface area contributed by atoms with E-state index in [4.69, 9.17) is 0 Å². The molecule has 0 saturated heterocycles. The summed E-state index contributed by atoms with van der Waals surface area (Å²) in [5.74, 6) is 0.563. The van der Waals surface area contributed by atoms with Crippen LogP contribution in [-0.2, 0) is 9.84 Å². The number of thioether (sulfide) groups is 1. The molecule has 4 heteroatoms. The normalized spacial score (nSPS) is 17.1. The van der Waals surface area contributed by atoms with E-state index in [0.717, 1.165) is 11.1 Å². The molecule has 1 aliphatic heterocycles. The third-order valence-corrected chi connectivity index (χ3v) is 5.91. The van der Waals surface area contributed by atoms with Crippen molar-refractivity contribution in [3.05, 3.63) is 34.2 Å². The number of benzene rings is 1. The van der Waals surface area contributed by atoms with Crippen LogP contribution in [0, 0.1) is 6.92 Å². The van der Waals surface area contributed by atoms with E-state index in [1.54, 1.807) is 17.8 Å². The Kier molecular flexibility index (Phi) is 3.36. The lowest BCUT2D eigenvalue weighted by atomic mass is 10.1. The van der Waals surface area contributed by atoms with Gasteiger partial charge in [0, 0.05) is 5.75 Å². The van der Waals surface area contributed by atoms with Crippen LogP contribution in [0.25, 0.3) is 6.08 Å². The Bertz CT molecular complexity index is 569. The average Bonchev–Trinajstić information content (AvgIpc) is 2.46. The summed E-state index contributed by atoms with van der Waals surface area (Å²) in [6.45, 7) is 6.12. The van der Waals surface area contributed by atoms with Gasteiger partial charge in [-0.25, -0.2) is 8.42 Å². The van der Waals surface area contributed by atoms with Crippen molar-refractivity contribution in [2.24, 2.45) is 0 Å². The summed E-state index contributed by atoms with van der Waals surface area (Å²) in [7, 11) is -3.22. The quantitative estimate of drug-likeness (QED) is 0.844. The standard InChI is InChI=1S/C13H16O2S2/c1-9(2)16-8-12-7-11-6-10(3)4-5-13(11)17(12,14)15/h4-7,9H,8H2,1-3H3. The van der Waals surface area contributed by atoms with Crippen LogP contribution >= 0.6 is 11.8 Å². The van der Waals surface area contributed by atoms with Gasteiger partial charge in [-0.2, -0.15) is 11.8 Å². The highest BCUT2D eigenvalue weighted by atomic mass is 32.2. The highest BCUT2D eigenvalue weighted by Crippen LogP contribution is 2.35. The molecular weight excluding hydrogens is 252 g/mol. The van der Waals surface area contributed by atoms with Crippen molar-refractivity contribution in [3.63, 3.8) is 0 Å². The highest BCUT2D eigenvalue weighted by molar-refractivity contribution is 8.02. The van der Waals surface area contributed by atoms with Crippen LogP contribution in [0.1, 0.15) is 25.0 Å². The van der Waals surface area contributed by atoms with Gasteiger partial charge in [-0.15, -0.1) is 0 Å². The summed E-state index contributed by atoms with van der Waals surface area (Å²) < 4.78 is 24.5. The number of rotatable bonds is 3. The molecule has 0 aliphatic carbocycles. The summed E-state index contributed by atoms with van der Waals surface area (Å²) in [5, 5.41) is 0.441. The highest BCUT2D eigenvalue weighted by Gasteiger charge is 2.29. The Morgan fingerprint density at radius 3 is 2.65 bits per heavy atom. The maximum atomic E-state index is 12.2. The fourth-order valence-corrected chi connectivity index (χ4v) is 4.43. The number of hydrogen-bond donors (Lipinski definition) is 0. The molecule has 0 radical (unpaired) electrons. The average molecular weight is 268 g/mol. The first-order valence-electron chi connectivity index (χ1n) is 5.59. The molecule has 0 bridgehead atoms. The SMILES string of the molecule is Cc1ccc2c(c1)C=C(CSC(C)C)S2(=O)=O. The van der Waals surface area contributed by atoms with E-state index < -0.39 is 9.84 Å². The molecule has 17 heavy (non-hydrogen) atoms. The van der Waals surface area contributed by atoms with E-state index in [9.17, 15) is 8.42 Å². The van der Waals surface area contributed by atoms with Crippen LogP contribution in [0.3, 0.4) is 0 Å². The molecule has 92 valence electrons. The molecule has 0 fully saturated rings. The van der Waals surface area contributed by atoms with Crippen LogP contribution in [0.5, 0.6) is 0 Å². The van der Waals surface area contributed by atoms with Crippen molar-refractivity contribution < 1.29 is 8.42 Å². The third kappa shape index (κ3) is 2.43. The van der Waals surface area contributed by atoms with Crippen LogP contribution < -0.4 is 0 Å². The topological polar surface area (TPSA) is 34.1 Å². The molecule has 0 aromatic heterocycles. The zero-order valence-electron chi connectivity index (χ0n) is 10.2. The smallest absolute Gasteiger partial charge is 0.204 e. The molecular formula is C13H16O2S2. The van der Waals surface area contributed by atoms with Gasteiger partial charge in [-0.1, -0.05) is 31.5 Å². The van der Waals surface area contributed by atoms with Gasteiger partial charge in [0.05, 0.1) is 9.80 Å². The van der Waals surface area contributed by atoms with Gasteiger partial charge in [0.25, 0.3) is 0 Å². The summed E-state index contributed by atoms with van der Waals surface area (Å²) in [6, 6.07) is 5.49. The predicted octanol–water partition coefficient (Wildman–Crippen LogP) is 3.26. The van der Waals surface area contributed by atoms with Crippen LogP contribution in [-0.4, -0.2) is 19.4 Å². The van der Waals surface area contributed by atoms with Crippen LogP contribution in [0.4, 0.5) is 0 Å². The predicted molar refractivity (Wildman–Crippen MR) is 73.9 cm³/mol. The van der Waals surface area contributed by atoms with E-state index in [1.807, 2.05) is 25.1 Å². The number of hydrogen-bond acceptors (Lipinski definition) is 3. The molecule has 1 aromatic carbocycles. The van der Waals surface area contributed by atoms with E-state index >= 15 is 0 Å². The van der Waals surface area contributed by atoms with E-state index in [-0.39, 0.29) is 0 Å². The fourth-order valence-electron chi connectivity index (χ4n) is 1.79. The van der Waals surface area contributed by atoms with Gasteiger partial charge in [-0.05, 0) is 29.9 Å². The largest absolute Gasteiger partial charge is 0.219 e. The first-order valence-corrected chi connectivity index (χ1v) is 8.12. The van der Waals surface area contributed by atoms with Gasteiger partial charge in [0.2, 0.25) is 9.84 Å². The molecule has 0 atom stereocenters. The van der Waals surface area contributed by atoms with Crippen LogP contribution in [0.15, 0.2) is 28.0 Å². The zero-order chi connectivity index (χ0) is 12.6. The van der Waals surface area contributed by atoms with Gasteiger partial charge >= 0.3 is 0 Å². The van der Waals surface area contributed by atoms with Gasteiger partial charge in [-0.3, -0.25) is 0 Å². The Morgan fingerprint density at radius 1 is 1.29 bits per heavy atom. The Balaban J connectivity index is 2.37. The van der Waals surface area contributed by atoms with Crippen molar-refractivity contribution in [2.45, 2.75) is 30.9 Å². The number of aryl methyl sites for hydroxylation is 1. The minimum absolute atomic E-state index is 0.441. The Hall–Kier alpha value is -0.740. The molecule has 2 rings (SSSR count). The van der Waals surface area contributed by atoms with Crippen LogP contribution in [0.2, 0.25) is 0 Å². The van der Waals surface area contributed by atoms with Crippen molar-refractivity contribution in [1.29, 1.82) is 0 Å². The van der Waals surface area contributed by atoms with Gasteiger partial charge < -0.3 is 0 Å². The van der Waals surface area contributed by atoms with Crippen molar-refractivity contribution in [2.75, 3.05) is 5.75 Å². The van der Waals surface area contributed by atoms with Gasteiger partial charge in [0.15, 0.2) is 0 Å². The minimum atomic E-state index is -3.22. The summed E-state index contributed by atoms with van der Waals surface area (Å²) >= 11 is 1.66. The van der Waals surface area contributed by atoms with Gasteiger partial charge in [0.1, 0.15) is 0 Å². The minimum Gasteiger partial charge on any atom is -0.219 e. The Morgan fingerprint density at radius 2 is 2.00 bits per heavy atom. The fraction of sp³-hybridized carbons (Fsp3) is 0.385. The second-order valence-electron chi connectivity index (χ2n) is 4.52. The molecule has 0 spiro atoms. The lowest BCUT2D eigenvalue weighted by molar-refractivity contribution is 0.603. The van der Waals surface area contributed by atoms with Crippen molar-refractivity contribution in [1.82, 2.24) is 0 Å². The van der Waals surface area contributed by atoms with Crippen molar-refractivity contribution >= 4 is 27.7 Å². The monoisotopic (exact) mass is 268 g/mol. The first-order chi connectivity index (χ1) is 7.91. The summed E-state index contributed by atoms with van der Waals surface area (Å²) in [5.41, 5.74) is 1.93.